The molecule has 3 aromatic rings. The number of aliphatic imine (C=N–C) groups is 1. The van der Waals surface area contributed by atoms with E-state index in [4.69, 9.17) is 31.9 Å². The number of ether oxygens (including phenoxy) is 2. The van der Waals surface area contributed by atoms with E-state index in [1.165, 1.54) is 0 Å². The molecule has 0 radical (unpaired) electrons. The minimum atomic E-state index is -1.16. The number of nitrogens with zero attached hydrogens (tertiary/aromatic N) is 2. The van der Waals surface area contributed by atoms with Crippen LogP contribution in [0.15, 0.2) is 77.8 Å². The predicted octanol–water partition coefficient (Wildman–Crippen LogP) is 4.64. The van der Waals surface area contributed by atoms with Crippen molar-refractivity contribution < 1.29 is 14.3 Å². The molecule has 1 fully saturated rings. The Balaban J connectivity index is 1.31. The van der Waals surface area contributed by atoms with E-state index in [0.29, 0.717) is 22.0 Å². The van der Waals surface area contributed by atoms with Gasteiger partial charge in [-0.05, 0) is 38.1 Å². The molecule has 2 aliphatic rings. The Morgan fingerprint density at radius 3 is 2.46 bits per heavy atom. The van der Waals surface area contributed by atoms with Crippen molar-refractivity contribution in [1.29, 1.82) is 10.8 Å². The number of halogens is 1. The molecule has 2 aliphatic heterocycles. The summed E-state index contributed by atoms with van der Waals surface area (Å²) in [4.78, 5) is 19.8. The van der Waals surface area contributed by atoms with Crippen molar-refractivity contribution in [2.75, 3.05) is 23.3 Å². The number of fused-ring (bicyclic) bond motifs is 1. The zero-order valence-corrected chi connectivity index (χ0v) is 22.3. The molecule has 10 heteroatoms. The van der Waals surface area contributed by atoms with Gasteiger partial charge in [-0.3, -0.25) is 15.6 Å². The molecule has 3 atom stereocenters. The molecule has 1 amide bonds. The van der Waals surface area contributed by atoms with Gasteiger partial charge in [0.25, 0.3) is 11.9 Å². The van der Waals surface area contributed by atoms with Gasteiger partial charge in [0.05, 0.1) is 34.2 Å². The fourth-order valence-electron chi connectivity index (χ4n) is 4.77. The van der Waals surface area contributed by atoms with Crippen molar-refractivity contribution >= 4 is 46.5 Å². The number of nitrogens with one attached hydrogen (secondary N) is 4. The molecular weight excluding hydrogens is 516 g/mol. The highest BCUT2D eigenvalue weighted by Crippen LogP contribution is 2.27. The Morgan fingerprint density at radius 1 is 1.05 bits per heavy atom. The number of amides is 1. The van der Waals surface area contributed by atoms with Gasteiger partial charge in [0.2, 0.25) is 12.1 Å². The number of amidine groups is 1. The number of benzodiazepines with no additional fused rings is 1. The molecule has 5 rings (SSSR count). The van der Waals surface area contributed by atoms with Crippen LogP contribution in [0.2, 0.25) is 5.02 Å². The van der Waals surface area contributed by atoms with Gasteiger partial charge in [-0.25, -0.2) is 4.99 Å². The molecule has 0 spiro atoms. The molecule has 39 heavy (non-hydrogen) atoms. The maximum atomic E-state index is 13.0. The van der Waals surface area contributed by atoms with E-state index in [2.05, 4.69) is 20.5 Å². The molecule has 0 aromatic heterocycles. The number of para-hydroxylation sites is 1. The van der Waals surface area contributed by atoms with Crippen molar-refractivity contribution in [2.45, 2.75) is 32.2 Å². The summed E-state index contributed by atoms with van der Waals surface area (Å²) in [6, 6.07) is 21.7. The van der Waals surface area contributed by atoms with Crippen LogP contribution in [0, 0.1) is 10.8 Å². The van der Waals surface area contributed by atoms with Crippen molar-refractivity contribution in [3.8, 4) is 0 Å². The van der Waals surface area contributed by atoms with Gasteiger partial charge in [-0.1, -0.05) is 60.1 Å². The number of carbonyl (C=O) groups excluding carboxylic acids is 1. The smallest absolute Gasteiger partial charge is 0.290 e. The highest BCUT2D eigenvalue weighted by atomic mass is 35.5. The molecule has 1 saturated heterocycles. The number of anilines is 2. The van der Waals surface area contributed by atoms with E-state index < -0.39 is 18.1 Å². The van der Waals surface area contributed by atoms with E-state index in [9.17, 15) is 4.79 Å². The van der Waals surface area contributed by atoms with Gasteiger partial charge in [0.15, 0.2) is 0 Å². The number of morpholine rings is 1. The van der Waals surface area contributed by atoms with E-state index in [1.807, 2.05) is 68.4 Å². The standard InChI is InChI=1S/C29H29ClN6O3/c1-17-15-36(16-18(2)38-17)20-12-13-21(23(30)14-20)26(31)39-29(32)35-27-28(37)33-24-11-7-6-10-22(24)25(34-27)19-8-4-3-5-9-19/h3-14,17-18,27,31H,15-16H2,1-2H3,(H2,32,35)(H,33,37)/t17-,18+,27-/m1/s1. The quantitative estimate of drug-likeness (QED) is 0.281. The minimum absolute atomic E-state index is 0.0967. The number of hydrogen-bond acceptors (Lipinski definition) is 7. The normalized spacial score (nSPS) is 20.7. The summed E-state index contributed by atoms with van der Waals surface area (Å²) >= 11 is 6.52. The zero-order valence-electron chi connectivity index (χ0n) is 21.6. The monoisotopic (exact) mass is 544 g/mol. The van der Waals surface area contributed by atoms with Crippen LogP contribution in [-0.2, 0) is 14.3 Å². The first-order valence-corrected chi connectivity index (χ1v) is 13.0. The van der Waals surface area contributed by atoms with Crippen LogP contribution in [-0.4, -0.2) is 55.0 Å². The third kappa shape index (κ3) is 5.94. The first kappa shape index (κ1) is 26.4. The summed E-state index contributed by atoms with van der Waals surface area (Å²) in [6.45, 7) is 5.53. The van der Waals surface area contributed by atoms with Crippen molar-refractivity contribution in [2.24, 2.45) is 4.99 Å². The van der Waals surface area contributed by atoms with Crippen LogP contribution >= 0.6 is 11.6 Å². The van der Waals surface area contributed by atoms with Gasteiger partial charge in [0, 0.05) is 29.9 Å². The Hall–Kier alpha value is -4.21. The van der Waals surface area contributed by atoms with E-state index >= 15 is 0 Å². The van der Waals surface area contributed by atoms with Gasteiger partial charge in [0.1, 0.15) is 0 Å². The van der Waals surface area contributed by atoms with Gasteiger partial charge in [-0.15, -0.1) is 0 Å². The zero-order chi connectivity index (χ0) is 27.5. The van der Waals surface area contributed by atoms with E-state index in [-0.39, 0.29) is 18.1 Å². The molecule has 0 bridgehead atoms. The maximum Gasteiger partial charge on any atom is 0.290 e. The summed E-state index contributed by atoms with van der Waals surface area (Å²) in [7, 11) is 0. The lowest BCUT2D eigenvalue weighted by atomic mass is 10.0. The van der Waals surface area contributed by atoms with Crippen molar-refractivity contribution in [3.05, 3.63) is 94.5 Å². The first-order chi connectivity index (χ1) is 18.8. The van der Waals surface area contributed by atoms with Crippen LogP contribution in [0.3, 0.4) is 0 Å². The average Bonchev–Trinajstić information content (AvgIpc) is 3.04. The SMILES string of the molecule is C[C@@H]1CN(c2ccc(C(=N)OC(=N)N[C@H]3N=C(c4ccccc4)c4ccccc4NC3=O)c(Cl)c2)C[C@H](C)O1. The lowest BCUT2D eigenvalue weighted by Crippen LogP contribution is -2.45. The van der Waals surface area contributed by atoms with Gasteiger partial charge < -0.3 is 25.0 Å². The summed E-state index contributed by atoms with van der Waals surface area (Å²) in [5, 5.41) is 22.6. The highest BCUT2D eigenvalue weighted by Gasteiger charge is 2.27. The molecular formula is C29H29ClN6O3. The van der Waals surface area contributed by atoms with E-state index in [1.54, 1.807) is 18.2 Å². The molecule has 0 aliphatic carbocycles. The van der Waals surface area contributed by atoms with Gasteiger partial charge >= 0.3 is 0 Å². The molecule has 0 saturated carbocycles. The third-order valence-corrected chi connectivity index (χ3v) is 6.76. The second-order valence-electron chi connectivity index (χ2n) is 9.51. The molecule has 2 heterocycles. The maximum absolute atomic E-state index is 13.0. The molecule has 9 nitrogen and oxygen atoms in total. The number of rotatable bonds is 4. The number of hydrogen-bond donors (Lipinski definition) is 4. The van der Waals surface area contributed by atoms with Crippen molar-refractivity contribution in [3.63, 3.8) is 0 Å². The first-order valence-electron chi connectivity index (χ1n) is 12.6. The average molecular weight is 545 g/mol. The summed E-state index contributed by atoms with van der Waals surface area (Å²) < 4.78 is 11.2. The Kier molecular flexibility index (Phi) is 7.63. The Bertz CT molecular complexity index is 1430. The second-order valence-corrected chi connectivity index (χ2v) is 9.92. The van der Waals surface area contributed by atoms with Crippen LogP contribution in [0.25, 0.3) is 0 Å². The lowest BCUT2D eigenvalue weighted by molar-refractivity contribution is -0.117. The fourth-order valence-corrected chi connectivity index (χ4v) is 5.03. The third-order valence-electron chi connectivity index (χ3n) is 6.45. The number of carbonyl (C=O) groups is 1. The largest absolute Gasteiger partial charge is 0.407 e. The summed E-state index contributed by atoms with van der Waals surface area (Å²) in [5.41, 5.74) is 4.04. The molecule has 0 unspecified atom stereocenters. The van der Waals surface area contributed by atoms with E-state index in [0.717, 1.165) is 29.9 Å². The van der Waals surface area contributed by atoms with Crippen molar-refractivity contribution in [1.82, 2.24) is 5.32 Å². The van der Waals surface area contributed by atoms with Crippen LogP contribution in [0.4, 0.5) is 11.4 Å². The minimum Gasteiger partial charge on any atom is -0.407 e. The molecule has 4 N–H and O–H groups in total. The second kappa shape index (κ2) is 11.3. The Morgan fingerprint density at radius 2 is 1.74 bits per heavy atom. The Labute approximate surface area is 231 Å². The molecule has 3 aromatic carbocycles. The van der Waals surface area contributed by atoms with Gasteiger partial charge in [-0.2, -0.15) is 0 Å². The van der Waals surface area contributed by atoms with Crippen LogP contribution in [0.5, 0.6) is 0 Å². The number of benzene rings is 3. The van der Waals surface area contributed by atoms with Crippen LogP contribution < -0.4 is 15.5 Å². The lowest BCUT2D eigenvalue weighted by Gasteiger charge is -2.37. The molecule has 200 valence electrons. The van der Waals surface area contributed by atoms with Crippen LogP contribution in [0.1, 0.15) is 30.5 Å². The fraction of sp³-hybridized carbons (Fsp3) is 0.241. The highest BCUT2D eigenvalue weighted by molar-refractivity contribution is 6.34. The summed E-state index contributed by atoms with van der Waals surface area (Å²) in [6.07, 6.45) is -0.963. The summed E-state index contributed by atoms with van der Waals surface area (Å²) in [5.74, 6) is -0.776. The predicted molar refractivity (Wildman–Crippen MR) is 153 cm³/mol. The topological polar surface area (TPSA) is 123 Å².